The van der Waals surface area contributed by atoms with Crippen LogP contribution in [0, 0.1) is 0 Å². The highest BCUT2D eigenvalue weighted by atomic mass is 14.7. The second-order valence-corrected chi connectivity index (χ2v) is 2.48. The first-order valence-corrected chi connectivity index (χ1v) is 3.73. The van der Waals surface area contributed by atoms with E-state index in [0.717, 1.165) is 25.1 Å². The highest BCUT2D eigenvalue weighted by Gasteiger charge is 2.01. The maximum atomic E-state index is 4.26. The van der Waals surface area contributed by atoms with Crippen molar-refractivity contribution < 1.29 is 0 Å². The molecule has 0 fully saturated rings. The highest BCUT2D eigenvalue weighted by molar-refractivity contribution is 6.09. The molecule has 0 spiro atoms. The van der Waals surface area contributed by atoms with Crippen molar-refractivity contribution in [3.8, 4) is 0 Å². The summed E-state index contributed by atoms with van der Waals surface area (Å²) in [5, 5.41) is 0. The Hall–Kier alpha value is -0.850. The van der Waals surface area contributed by atoms with Crippen LogP contribution in [0.2, 0.25) is 0 Å². The number of rotatable bonds is 3. The van der Waals surface area contributed by atoms with Crippen LogP contribution in [0.15, 0.2) is 29.3 Å². The zero-order valence-electron chi connectivity index (χ0n) is 6.43. The average molecular weight is 135 g/mol. The van der Waals surface area contributed by atoms with Crippen molar-refractivity contribution >= 4 is 5.71 Å². The van der Waals surface area contributed by atoms with E-state index in [-0.39, 0.29) is 0 Å². The van der Waals surface area contributed by atoms with Gasteiger partial charge in [-0.2, -0.15) is 0 Å². The van der Waals surface area contributed by atoms with Crippen LogP contribution >= 0.6 is 0 Å². The smallest absolute Gasteiger partial charge is 0.0601 e. The van der Waals surface area contributed by atoms with Crippen molar-refractivity contribution in [1.82, 2.24) is 0 Å². The minimum Gasteiger partial charge on any atom is -0.281 e. The molecular formula is C9H13N. The Morgan fingerprint density at radius 1 is 1.80 bits per heavy atom. The van der Waals surface area contributed by atoms with E-state index in [1.807, 2.05) is 0 Å². The summed E-state index contributed by atoms with van der Waals surface area (Å²) in [6.45, 7) is 6.95. The molecule has 0 amide bonds. The van der Waals surface area contributed by atoms with E-state index in [0.29, 0.717) is 0 Å². The normalized spacial score (nSPS) is 15.5. The van der Waals surface area contributed by atoms with Gasteiger partial charge in [-0.1, -0.05) is 26.0 Å². The quantitative estimate of drug-likeness (QED) is 0.563. The van der Waals surface area contributed by atoms with Crippen LogP contribution in [0.4, 0.5) is 0 Å². The number of allylic oxidation sites excluding steroid dienone is 2. The lowest BCUT2D eigenvalue weighted by atomic mass is 10.1. The van der Waals surface area contributed by atoms with Crippen LogP contribution in [0.3, 0.4) is 0 Å². The first kappa shape index (κ1) is 7.26. The summed E-state index contributed by atoms with van der Waals surface area (Å²) in [7, 11) is 0. The molecule has 10 heavy (non-hydrogen) atoms. The summed E-state index contributed by atoms with van der Waals surface area (Å²) >= 11 is 0. The van der Waals surface area contributed by atoms with E-state index < -0.39 is 0 Å². The number of aliphatic imine (C=N–C) groups is 1. The molecule has 0 aromatic carbocycles. The topological polar surface area (TPSA) is 12.4 Å². The minimum absolute atomic E-state index is 0.845. The van der Waals surface area contributed by atoms with Crippen molar-refractivity contribution in [3.05, 3.63) is 24.3 Å². The molecular weight excluding hydrogens is 122 g/mol. The molecule has 0 aliphatic carbocycles. The average Bonchev–Trinajstić information content (AvgIpc) is 2.38. The first-order chi connectivity index (χ1) is 4.84. The van der Waals surface area contributed by atoms with Crippen molar-refractivity contribution in [2.75, 3.05) is 6.54 Å². The fraction of sp³-hybridized carbons (Fsp3) is 0.444. The van der Waals surface area contributed by atoms with Gasteiger partial charge in [-0.05, 0) is 18.1 Å². The summed E-state index contributed by atoms with van der Waals surface area (Å²) in [5.74, 6) is 0. The summed E-state index contributed by atoms with van der Waals surface area (Å²) < 4.78 is 0. The molecule has 1 aliphatic heterocycles. The van der Waals surface area contributed by atoms with Crippen molar-refractivity contribution in [1.29, 1.82) is 0 Å². The van der Waals surface area contributed by atoms with E-state index >= 15 is 0 Å². The van der Waals surface area contributed by atoms with Crippen LogP contribution < -0.4 is 0 Å². The molecule has 0 radical (unpaired) electrons. The largest absolute Gasteiger partial charge is 0.281 e. The van der Waals surface area contributed by atoms with E-state index in [2.05, 4.69) is 30.6 Å². The number of hydrogen-bond acceptors (Lipinski definition) is 1. The van der Waals surface area contributed by atoms with Gasteiger partial charge in [0.25, 0.3) is 0 Å². The molecule has 0 aromatic heterocycles. The Labute approximate surface area is 62.2 Å². The summed E-state index contributed by atoms with van der Waals surface area (Å²) in [4.78, 5) is 4.26. The van der Waals surface area contributed by atoms with E-state index in [4.69, 9.17) is 0 Å². The molecule has 1 rings (SSSR count). The Kier molecular flexibility index (Phi) is 2.43. The molecule has 1 aliphatic rings. The predicted octanol–water partition coefficient (Wildman–Crippen LogP) is 2.35. The fourth-order valence-electron chi connectivity index (χ4n) is 1.03. The molecule has 0 saturated carbocycles. The lowest BCUT2D eigenvalue weighted by molar-refractivity contribution is 0.939. The molecule has 0 bridgehead atoms. The van der Waals surface area contributed by atoms with Gasteiger partial charge in [-0.3, -0.25) is 4.99 Å². The molecule has 1 nitrogen and oxygen atoms in total. The molecule has 1 heteroatoms. The van der Waals surface area contributed by atoms with Crippen molar-refractivity contribution in [2.45, 2.75) is 19.8 Å². The van der Waals surface area contributed by atoms with Gasteiger partial charge in [-0.15, -0.1) is 0 Å². The van der Waals surface area contributed by atoms with E-state index in [9.17, 15) is 0 Å². The van der Waals surface area contributed by atoms with Crippen LogP contribution in [0.1, 0.15) is 19.8 Å². The van der Waals surface area contributed by atoms with Gasteiger partial charge in [-0.25, -0.2) is 0 Å². The third-order valence-electron chi connectivity index (χ3n) is 1.56. The van der Waals surface area contributed by atoms with Gasteiger partial charge < -0.3 is 0 Å². The third-order valence-corrected chi connectivity index (χ3v) is 1.56. The predicted molar refractivity (Wildman–Crippen MR) is 45.5 cm³/mol. The second-order valence-electron chi connectivity index (χ2n) is 2.48. The maximum absolute atomic E-state index is 4.26. The Balaban J connectivity index is 2.48. The zero-order valence-corrected chi connectivity index (χ0v) is 6.43. The lowest BCUT2D eigenvalue weighted by Crippen LogP contribution is -1.94. The van der Waals surface area contributed by atoms with Gasteiger partial charge in [0.1, 0.15) is 0 Å². The molecule has 54 valence electrons. The standard InChI is InChI=1S/C9H13N/c1-3-5-8(2)9-6-4-7-10-9/h4,6H,2-3,5,7H2,1H3. The first-order valence-electron chi connectivity index (χ1n) is 3.73. The van der Waals surface area contributed by atoms with Crippen LogP contribution in [-0.4, -0.2) is 12.3 Å². The molecule has 0 aromatic rings. The summed E-state index contributed by atoms with van der Waals surface area (Å²) in [6, 6.07) is 0. The SMILES string of the molecule is C=C(CCC)C1=NCC=C1. The number of hydrogen-bond donors (Lipinski definition) is 0. The lowest BCUT2D eigenvalue weighted by Gasteiger charge is -1.99. The van der Waals surface area contributed by atoms with Gasteiger partial charge in [0.15, 0.2) is 0 Å². The van der Waals surface area contributed by atoms with Crippen LogP contribution in [0.25, 0.3) is 0 Å². The van der Waals surface area contributed by atoms with Gasteiger partial charge in [0, 0.05) is 0 Å². The monoisotopic (exact) mass is 135 g/mol. The van der Waals surface area contributed by atoms with Crippen molar-refractivity contribution in [3.63, 3.8) is 0 Å². The third kappa shape index (κ3) is 1.56. The van der Waals surface area contributed by atoms with Crippen LogP contribution in [-0.2, 0) is 0 Å². The molecule has 0 unspecified atom stereocenters. The molecule has 1 heterocycles. The summed E-state index contributed by atoms with van der Waals surface area (Å²) in [6.07, 6.45) is 6.35. The van der Waals surface area contributed by atoms with Gasteiger partial charge >= 0.3 is 0 Å². The maximum Gasteiger partial charge on any atom is 0.0601 e. The molecule has 0 atom stereocenters. The van der Waals surface area contributed by atoms with Crippen molar-refractivity contribution in [2.24, 2.45) is 4.99 Å². The van der Waals surface area contributed by atoms with E-state index in [1.165, 1.54) is 5.57 Å². The van der Waals surface area contributed by atoms with Gasteiger partial charge in [0.2, 0.25) is 0 Å². The Morgan fingerprint density at radius 3 is 3.10 bits per heavy atom. The Morgan fingerprint density at radius 2 is 2.60 bits per heavy atom. The molecule has 0 N–H and O–H groups in total. The number of nitrogens with zero attached hydrogens (tertiary/aromatic N) is 1. The Bertz CT molecular complexity index is 187. The minimum atomic E-state index is 0.845. The zero-order chi connectivity index (χ0) is 7.40. The van der Waals surface area contributed by atoms with E-state index in [1.54, 1.807) is 0 Å². The highest BCUT2D eigenvalue weighted by Crippen LogP contribution is 2.08. The fourth-order valence-corrected chi connectivity index (χ4v) is 1.03. The summed E-state index contributed by atoms with van der Waals surface area (Å²) in [5.41, 5.74) is 2.28. The van der Waals surface area contributed by atoms with Crippen LogP contribution in [0.5, 0.6) is 0 Å². The second kappa shape index (κ2) is 3.35. The molecule has 0 saturated heterocycles. The van der Waals surface area contributed by atoms with Gasteiger partial charge in [0.05, 0.1) is 12.3 Å².